The molecule has 0 saturated carbocycles. The Morgan fingerprint density at radius 1 is 1.30 bits per heavy atom. The van der Waals surface area contributed by atoms with Gasteiger partial charge in [0, 0.05) is 41.5 Å². The third-order valence-electron chi connectivity index (χ3n) is 6.61. The number of carbonyl (C=O) groups is 2. The van der Waals surface area contributed by atoms with Crippen LogP contribution in [0.2, 0.25) is 0 Å². The standard InChI is InChI=1S/C21H23F3N6O3/c1-30-13-4-5-14(30)9-12(8-13)27-21(33-19(32)20(22,23)24)28-16(18(31)29-21)7-11-10-26-17-15(11)3-2-6-25-17/h2-3,6-7,10,12-14,27-28H,4-5,8-9H2,1H3,(H,25,26)(H,29,31)/t12?,13-,14+,21?. The molecule has 5 rings (SSSR count). The van der Waals surface area contributed by atoms with Gasteiger partial charge in [-0.1, -0.05) is 0 Å². The number of hydrogen-bond donors (Lipinski definition) is 4. The van der Waals surface area contributed by atoms with E-state index >= 15 is 0 Å². The van der Waals surface area contributed by atoms with Crippen molar-refractivity contribution in [2.24, 2.45) is 0 Å². The van der Waals surface area contributed by atoms with Crippen molar-refractivity contribution in [2.75, 3.05) is 7.05 Å². The number of nitrogens with one attached hydrogen (secondary N) is 4. The molecule has 1 amide bonds. The number of fused-ring (bicyclic) bond motifs is 3. The van der Waals surface area contributed by atoms with E-state index in [0.29, 0.717) is 24.1 Å². The molecule has 4 atom stereocenters. The van der Waals surface area contributed by atoms with E-state index in [9.17, 15) is 22.8 Å². The van der Waals surface area contributed by atoms with Crippen LogP contribution >= 0.6 is 0 Å². The molecule has 0 aromatic carbocycles. The smallest absolute Gasteiger partial charge is 0.399 e. The molecular weight excluding hydrogens is 441 g/mol. The van der Waals surface area contributed by atoms with Crippen LogP contribution in [0.4, 0.5) is 13.2 Å². The molecular formula is C21H23F3N6O3. The van der Waals surface area contributed by atoms with Gasteiger partial charge >= 0.3 is 18.1 Å². The number of alkyl halides is 3. The van der Waals surface area contributed by atoms with Gasteiger partial charge in [0.1, 0.15) is 11.3 Å². The van der Waals surface area contributed by atoms with Crippen molar-refractivity contribution in [3.63, 3.8) is 0 Å². The Kier molecular flexibility index (Phi) is 5.09. The van der Waals surface area contributed by atoms with E-state index in [2.05, 4.69) is 30.8 Å². The maximum atomic E-state index is 13.0. The van der Waals surface area contributed by atoms with Crippen molar-refractivity contribution in [3.05, 3.63) is 35.8 Å². The molecule has 2 bridgehead atoms. The van der Waals surface area contributed by atoms with E-state index in [1.54, 1.807) is 24.5 Å². The highest BCUT2D eigenvalue weighted by Gasteiger charge is 2.53. The molecule has 4 N–H and O–H groups in total. The summed E-state index contributed by atoms with van der Waals surface area (Å²) in [4.78, 5) is 33.9. The third-order valence-corrected chi connectivity index (χ3v) is 6.61. The number of rotatable bonds is 4. The van der Waals surface area contributed by atoms with E-state index in [-0.39, 0.29) is 23.8 Å². The lowest BCUT2D eigenvalue weighted by molar-refractivity contribution is -0.222. The predicted octanol–water partition coefficient (Wildman–Crippen LogP) is 1.55. The van der Waals surface area contributed by atoms with Gasteiger partial charge in [0.15, 0.2) is 0 Å². The molecule has 2 unspecified atom stereocenters. The Bertz CT molecular complexity index is 1120. The number of H-pyrrole nitrogens is 1. The van der Waals surface area contributed by atoms with Gasteiger partial charge in [-0.15, -0.1) is 0 Å². The third kappa shape index (κ3) is 4.04. The van der Waals surface area contributed by atoms with E-state index in [0.717, 1.165) is 18.2 Å². The fourth-order valence-electron chi connectivity index (χ4n) is 5.02. The summed E-state index contributed by atoms with van der Waals surface area (Å²) in [7, 11) is 2.03. The summed E-state index contributed by atoms with van der Waals surface area (Å²) >= 11 is 0. The highest BCUT2D eigenvalue weighted by molar-refractivity contribution is 6.02. The molecule has 3 aliphatic heterocycles. The second kappa shape index (κ2) is 7.73. The van der Waals surface area contributed by atoms with Gasteiger partial charge in [0.25, 0.3) is 5.91 Å². The Morgan fingerprint density at radius 3 is 2.73 bits per heavy atom. The normalized spacial score (nSPS) is 31.1. The van der Waals surface area contributed by atoms with Crippen LogP contribution in [0.25, 0.3) is 17.1 Å². The molecule has 0 radical (unpaired) electrons. The number of hydrogen-bond acceptors (Lipinski definition) is 7. The number of pyridine rings is 1. The summed E-state index contributed by atoms with van der Waals surface area (Å²) in [6.07, 6.45) is 2.79. The zero-order valence-electron chi connectivity index (χ0n) is 17.7. The fraction of sp³-hybridized carbons (Fsp3) is 0.476. The van der Waals surface area contributed by atoms with Gasteiger partial charge < -0.3 is 19.9 Å². The van der Waals surface area contributed by atoms with Gasteiger partial charge in [0.2, 0.25) is 0 Å². The minimum atomic E-state index is -5.22. The maximum absolute atomic E-state index is 13.0. The first-order valence-corrected chi connectivity index (χ1v) is 10.7. The monoisotopic (exact) mass is 464 g/mol. The van der Waals surface area contributed by atoms with Crippen LogP contribution in [0, 0.1) is 0 Å². The van der Waals surface area contributed by atoms with Gasteiger partial charge in [-0.25, -0.2) is 15.1 Å². The Labute approximate surface area is 186 Å². The fourth-order valence-corrected chi connectivity index (χ4v) is 5.02. The van der Waals surface area contributed by atoms with Crippen molar-refractivity contribution >= 4 is 29.0 Å². The van der Waals surface area contributed by atoms with Crippen LogP contribution in [0.3, 0.4) is 0 Å². The first-order chi connectivity index (χ1) is 15.6. The number of aromatic amines is 1. The summed E-state index contributed by atoms with van der Waals surface area (Å²) in [5.74, 6) is -5.32. The minimum Gasteiger partial charge on any atom is -0.399 e. The molecule has 3 aliphatic rings. The van der Waals surface area contributed by atoms with Crippen molar-refractivity contribution in [1.82, 2.24) is 30.8 Å². The largest absolute Gasteiger partial charge is 0.491 e. The zero-order valence-corrected chi connectivity index (χ0v) is 17.7. The van der Waals surface area contributed by atoms with Crippen molar-refractivity contribution in [1.29, 1.82) is 0 Å². The second-order valence-electron chi connectivity index (χ2n) is 8.71. The van der Waals surface area contributed by atoms with Gasteiger partial charge in [0.05, 0.1) is 0 Å². The number of aromatic nitrogens is 2. The molecule has 2 aromatic heterocycles. The van der Waals surface area contributed by atoms with Crippen LogP contribution in [0.15, 0.2) is 30.2 Å². The quantitative estimate of drug-likeness (QED) is 0.309. The van der Waals surface area contributed by atoms with Gasteiger partial charge in [-0.3, -0.25) is 10.1 Å². The number of esters is 1. The summed E-state index contributed by atoms with van der Waals surface area (Å²) in [5.41, 5.74) is 1.15. The lowest BCUT2D eigenvalue weighted by Crippen LogP contribution is -2.68. The van der Waals surface area contributed by atoms with Crippen molar-refractivity contribution in [3.8, 4) is 0 Å². The molecule has 2 aromatic rings. The lowest BCUT2D eigenvalue weighted by Gasteiger charge is -2.40. The molecule has 5 heterocycles. The summed E-state index contributed by atoms with van der Waals surface area (Å²) < 4.78 is 43.9. The van der Waals surface area contributed by atoms with Crippen molar-refractivity contribution < 1.29 is 27.5 Å². The predicted molar refractivity (Wildman–Crippen MR) is 111 cm³/mol. The average molecular weight is 464 g/mol. The molecule has 33 heavy (non-hydrogen) atoms. The van der Waals surface area contributed by atoms with E-state index < -0.39 is 24.0 Å². The van der Waals surface area contributed by atoms with E-state index in [4.69, 9.17) is 4.74 Å². The van der Waals surface area contributed by atoms with Crippen LogP contribution in [-0.2, 0) is 14.3 Å². The van der Waals surface area contributed by atoms with Crippen LogP contribution < -0.4 is 16.0 Å². The second-order valence-corrected chi connectivity index (χ2v) is 8.71. The number of nitrogens with zero attached hydrogens (tertiary/aromatic N) is 2. The number of amides is 1. The van der Waals surface area contributed by atoms with Gasteiger partial charge in [-0.2, -0.15) is 13.2 Å². The molecule has 176 valence electrons. The number of piperidine rings is 1. The summed E-state index contributed by atoms with van der Waals surface area (Å²) in [5, 5.41) is 8.73. The van der Waals surface area contributed by atoms with Crippen LogP contribution in [-0.4, -0.2) is 64.1 Å². The Balaban J connectivity index is 1.43. The molecule has 3 saturated heterocycles. The molecule has 0 spiro atoms. The van der Waals surface area contributed by atoms with E-state index in [1.165, 1.54) is 6.08 Å². The average Bonchev–Trinajstić information content (AvgIpc) is 3.34. The Morgan fingerprint density at radius 2 is 2.03 bits per heavy atom. The molecule has 9 nitrogen and oxygen atoms in total. The van der Waals surface area contributed by atoms with Crippen LogP contribution in [0.1, 0.15) is 31.2 Å². The highest BCUT2D eigenvalue weighted by atomic mass is 19.4. The van der Waals surface area contributed by atoms with Gasteiger partial charge in [-0.05, 0) is 50.9 Å². The maximum Gasteiger partial charge on any atom is 0.491 e. The molecule has 12 heteroatoms. The number of ether oxygens (including phenoxy) is 1. The zero-order chi connectivity index (χ0) is 23.4. The SMILES string of the molecule is CN1[C@@H]2CC[C@H]1CC(NC1(OC(=O)C(F)(F)F)NC(=O)C(=Cc3c[nH]c4ncccc34)N1)C2. The first-order valence-electron chi connectivity index (χ1n) is 10.7. The molecule has 0 aliphatic carbocycles. The number of halogens is 3. The van der Waals surface area contributed by atoms with Crippen LogP contribution in [0.5, 0.6) is 0 Å². The Hall–Kier alpha value is -3.12. The molecule has 3 fully saturated rings. The summed E-state index contributed by atoms with van der Waals surface area (Å²) in [6.45, 7) is 0. The highest BCUT2D eigenvalue weighted by Crippen LogP contribution is 2.35. The van der Waals surface area contributed by atoms with E-state index in [1.807, 2.05) is 7.05 Å². The van der Waals surface area contributed by atoms with Crippen molar-refractivity contribution in [2.45, 2.75) is 56.0 Å². The first kappa shape index (κ1) is 21.7. The minimum absolute atomic E-state index is 0.0434. The summed E-state index contributed by atoms with van der Waals surface area (Å²) in [6, 6.07) is 3.82. The topological polar surface area (TPSA) is 111 Å². The number of carbonyl (C=O) groups excluding carboxylic acids is 2. The lowest BCUT2D eigenvalue weighted by atomic mass is 9.98.